The molecule has 0 amide bonds. The number of aromatic nitrogens is 4. The third-order valence-corrected chi connectivity index (χ3v) is 2.69. The molecule has 1 heterocycles. The SMILES string of the molecule is CCCCCCCCn1nnnc1C(C)N. The van der Waals surface area contributed by atoms with E-state index in [1.807, 2.05) is 11.6 Å². The molecule has 5 heteroatoms. The van der Waals surface area contributed by atoms with Crippen molar-refractivity contribution in [3.63, 3.8) is 0 Å². The van der Waals surface area contributed by atoms with Crippen LogP contribution in [0.1, 0.15) is 64.2 Å². The lowest BCUT2D eigenvalue weighted by Crippen LogP contribution is -2.14. The first-order valence-corrected chi connectivity index (χ1v) is 6.27. The first kappa shape index (κ1) is 13.1. The number of hydrogen-bond donors (Lipinski definition) is 1. The Morgan fingerprint density at radius 2 is 1.88 bits per heavy atom. The zero-order chi connectivity index (χ0) is 11.8. The molecule has 0 aliphatic rings. The van der Waals surface area contributed by atoms with Gasteiger partial charge in [0.1, 0.15) is 0 Å². The van der Waals surface area contributed by atoms with Crippen molar-refractivity contribution >= 4 is 0 Å². The first-order valence-electron chi connectivity index (χ1n) is 6.27. The standard InChI is InChI=1S/C11H23N5/c1-3-4-5-6-7-8-9-16-11(10(2)12)13-14-15-16/h10H,3-9,12H2,1-2H3. The van der Waals surface area contributed by atoms with Gasteiger partial charge in [-0.15, -0.1) is 5.10 Å². The molecule has 5 nitrogen and oxygen atoms in total. The van der Waals surface area contributed by atoms with Gasteiger partial charge in [-0.05, 0) is 23.8 Å². The molecule has 0 saturated heterocycles. The van der Waals surface area contributed by atoms with Gasteiger partial charge in [0.25, 0.3) is 0 Å². The molecule has 0 aliphatic carbocycles. The van der Waals surface area contributed by atoms with Crippen LogP contribution < -0.4 is 5.73 Å². The van der Waals surface area contributed by atoms with Gasteiger partial charge in [0, 0.05) is 6.54 Å². The summed E-state index contributed by atoms with van der Waals surface area (Å²) in [4.78, 5) is 0. The Bertz CT molecular complexity index is 282. The largest absolute Gasteiger partial charge is 0.322 e. The monoisotopic (exact) mass is 225 g/mol. The Hall–Kier alpha value is -0.970. The van der Waals surface area contributed by atoms with E-state index in [-0.39, 0.29) is 6.04 Å². The highest BCUT2D eigenvalue weighted by Crippen LogP contribution is 2.08. The lowest BCUT2D eigenvalue weighted by molar-refractivity contribution is 0.492. The van der Waals surface area contributed by atoms with Crippen molar-refractivity contribution in [3.05, 3.63) is 5.82 Å². The molecular formula is C11H23N5. The Morgan fingerprint density at radius 1 is 1.19 bits per heavy atom. The molecule has 92 valence electrons. The molecule has 1 aromatic heterocycles. The topological polar surface area (TPSA) is 69.6 Å². The number of unbranched alkanes of at least 4 members (excludes halogenated alkanes) is 5. The number of nitrogens with two attached hydrogens (primary N) is 1. The number of hydrogen-bond acceptors (Lipinski definition) is 4. The van der Waals surface area contributed by atoms with E-state index in [1.165, 1.54) is 32.1 Å². The molecule has 0 aromatic carbocycles. The van der Waals surface area contributed by atoms with Gasteiger partial charge in [0.2, 0.25) is 0 Å². The molecule has 0 radical (unpaired) electrons. The molecular weight excluding hydrogens is 202 g/mol. The van der Waals surface area contributed by atoms with Gasteiger partial charge in [0.15, 0.2) is 5.82 Å². The summed E-state index contributed by atoms with van der Waals surface area (Å²) >= 11 is 0. The summed E-state index contributed by atoms with van der Waals surface area (Å²) in [7, 11) is 0. The van der Waals surface area contributed by atoms with Crippen molar-refractivity contribution in [3.8, 4) is 0 Å². The summed E-state index contributed by atoms with van der Waals surface area (Å²) in [5.74, 6) is 0.786. The van der Waals surface area contributed by atoms with Crippen LogP contribution >= 0.6 is 0 Å². The van der Waals surface area contributed by atoms with Gasteiger partial charge in [-0.25, -0.2) is 4.68 Å². The minimum Gasteiger partial charge on any atom is -0.322 e. The average molecular weight is 225 g/mol. The van der Waals surface area contributed by atoms with E-state index in [0.717, 1.165) is 18.8 Å². The van der Waals surface area contributed by atoms with Crippen molar-refractivity contribution in [2.75, 3.05) is 0 Å². The first-order chi connectivity index (χ1) is 7.75. The Balaban J connectivity index is 2.19. The fraction of sp³-hybridized carbons (Fsp3) is 0.909. The van der Waals surface area contributed by atoms with Crippen molar-refractivity contribution in [2.24, 2.45) is 5.73 Å². The van der Waals surface area contributed by atoms with Gasteiger partial charge in [-0.1, -0.05) is 39.0 Å². The molecule has 1 aromatic rings. The van der Waals surface area contributed by atoms with Gasteiger partial charge in [-0.2, -0.15) is 0 Å². The van der Waals surface area contributed by atoms with Crippen LogP contribution in [0.3, 0.4) is 0 Å². The minimum atomic E-state index is -0.0879. The van der Waals surface area contributed by atoms with Crippen molar-refractivity contribution in [1.29, 1.82) is 0 Å². The molecule has 1 rings (SSSR count). The highest BCUT2D eigenvalue weighted by atomic mass is 15.5. The minimum absolute atomic E-state index is 0.0879. The molecule has 2 N–H and O–H groups in total. The second-order valence-corrected chi connectivity index (χ2v) is 4.32. The van der Waals surface area contributed by atoms with Crippen molar-refractivity contribution in [1.82, 2.24) is 20.2 Å². The van der Waals surface area contributed by atoms with Crippen LogP contribution in [0.5, 0.6) is 0 Å². The fourth-order valence-electron chi connectivity index (χ4n) is 1.74. The van der Waals surface area contributed by atoms with Crippen LogP contribution in [0.25, 0.3) is 0 Å². The highest BCUT2D eigenvalue weighted by Gasteiger charge is 2.09. The molecule has 0 aliphatic heterocycles. The fourth-order valence-corrected chi connectivity index (χ4v) is 1.74. The van der Waals surface area contributed by atoms with Crippen LogP contribution in [0.15, 0.2) is 0 Å². The van der Waals surface area contributed by atoms with Crippen molar-refractivity contribution in [2.45, 2.75) is 65.0 Å². The van der Waals surface area contributed by atoms with Crippen LogP contribution in [0.2, 0.25) is 0 Å². The van der Waals surface area contributed by atoms with E-state index in [4.69, 9.17) is 5.73 Å². The zero-order valence-electron chi connectivity index (χ0n) is 10.4. The Kier molecular flexibility index (Phi) is 6.00. The van der Waals surface area contributed by atoms with Gasteiger partial charge >= 0.3 is 0 Å². The van der Waals surface area contributed by atoms with Crippen LogP contribution in [-0.4, -0.2) is 20.2 Å². The number of rotatable bonds is 8. The number of aryl methyl sites for hydroxylation is 1. The molecule has 16 heavy (non-hydrogen) atoms. The maximum absolute atomic E-state index is 5.77. The predicted octanol–water partition coefficient (Wildman–Crippen LogP) is 2.05. The van der Waals surface area contributed by atoms with Crippen LogP contribution in [0.4, 0.5) is 0 Å². The third-order valence-electron chi connectivity index (χ3n) is 2.69. The van der Waals surface area contributed by atoms with Gasteiger partial charge < -0.3 is 5.73 Å². The zero-order valence-corrected chi connectivity index (χ0v) is 10.4. The maximum Gasteiger partial charge on any atom is 0.167 e. The predicted molar refractivity (Wildman–Crippen MR) is 63.8 cm³/mol. The lowest BCUT2D eigenvalue weighted by atomic mass is 10.1. The van der Waals surface area contributed by atoms with E-state index in [2.05, 4.69) is 22.4 Å². The number of tetrazole rings is 1. The van der Waals surface area contributed by atoms with Gasteiger partial charge in [0.05, 0.1) is 6.04 Å². The van der Waals surface area contributed by atoms with Gasteiger partial charge in [-0.3, -0.25) is 0 Å². The summed E-state index contributed by atoms with van der Waals surface area (Å²) in [6.45, 7) is 5.02. The van der Waals surface area contributed by atoms with E-state index in [0.29, 0.717) is 0 Å². The summed E-state index contributed by atoms with van der Waals surface area (Å²) in [6.07, 6.45) is 7.67. The molecule has 0 spiro atoms. The summed E-state index contributed by atoms with van der Waals surface area (Å²) in [5.41, 5.74) is 5.77. The highest BCUT2D eigenvalue weighted by molar-refractivity contribution is 4.86. The maximum atomic E-state index is 5.77. The quantitative estimate of drug-likeness (QED) is 0.687. The van der Waals surface area contributed by atoms with E-state index < -0.39 is 0 Å². The van der Waals surface area contributed by atoms with Crippen molar-refractivity contribution < 1.29 is 0 Å². The molecule has 1 unspecified atom stereocenters. The molecule has 0 bridgehead atoms. The van der Waals surface area contributed by atoms with E-state index >= 15 is 0 Å². The third kappa shape index (κ3) is 4.26. The summed E-state index contributed by atoms with van der Waals surface area (Å²) < 4.78 is 1.82. The average Bonchev–Trinajstić information content (AvgIpc) is 2.71. The summed E-state index contributed by atoms with van der Waals surface area (Å²) in [5, 5.41) is 11.5. The summed E-state index contributed by atoms with van der Waals surface area (Å²) in [6, 6.07) is -0.0879. The molecule has 1 atom stereocenters. The Morgan fingerprint density at radius 3 is 2.56 bits per heavy atom. The van der Waals surface area contributed by atoms with E-state index in [9.17, 15) is 0 Å². The molecule has 0 saturated carbocycles. The smallest absolute Gasteiger partial charge is 0.167 e. The Labute approximate surface area is 97.4 Å². The van der Waals surface area contributed by atoms with E-state index in [1.54, 1.807) is 0 Å². The normalized spacial score (nSPS) is 12.9. The second kappa shape index (κ2) is 7.33. The lowest BCUT2D eigenvalue weighted by Gasteiger charge is -2.06. The van der Waals surface area contributed by atoms with Crippen LogP contribution in [-0.2, 0) is 6.54 Å². The second-order valence-electron chi connectivity index (χ2n) is 4.32. The van der Waals surface area contributed by atoms with Crippen LogP contribution in [0, 0.1) is 0 Å². The number of nitrogens with zero attached hydrogens (tertiary/aromatic N) is 4. The molecule has 0 fully saturated rings.